The highest BCUT2D eigenvalue weighted by molar-refractivity contribution is 14.1. The third-order valence-corrected chi connectivity index (χ3v) is 3.37. The molecule has 70 valence electrons. The summed E-state index contributed by atoms with van der Waals surface area (Å²) in [6.45, 7) is 0. The van der Waals surface area contributed by atoms with Crippen molar-refractivity contribution in [3.05, 3.63) is 31.9 Å². The van der Waals surface area contributed by atoms with E-state index in [9.17, 15) is 4.79 Å². The Hall–Kier alpha value is 0.190. The van der Waals surface area contributed by atoms with E-state index in [0.29, 0.717) is 19.5 Å². The van der Waals surface area contributed by atoms with Crippen LogP contribution >= 0.6 is 50.1 Å². The predicted molar refractivity (Wildman–Crippen MR) is 63.8 cm³/mol. The van der Waals surface area contributed by atoms with Crippen molar-refractivity contribution in [2.45, 2.75) is 5.33 Å². The van der Waals surface area contributed by atoms with Gasteiger partial charge in [0.25, 0.3) is 0 Å². The van der Waals surface area contributed by atoms with Gasteiger partial charge in [0.15, 0.2) is 0 Å². The molecule has 1 aromatic carbocycles. The van der Waals surface area contributed by atoms with Gasteiger partial charge in [0, 0.05) is 13.9 Å². The van der Waals surface area contributed by atoms with E-state index < -0.39 is 5.97 Å². The first-order chi connectivity index (χ1) is 6.07. The smallest absolute Gasteiger partial charge is 0.337 e. The quantitative estimate of drug-likeness (QED) is 0.634. The normalized spacial score (nSPS) is 10.1. The lowest BCUT2D eigenvalue weighted by molar-refractivity contribution is 0.0695. The summed E-state index contributed by atoms with van der Waals surface area (Å²) in [5.74, 6) is -0.943. The van der Waals surface area contributed by atoms with E-state index >= 15 is 0 Å². The standard InChI is InChI=1S/C8H5BrClIO2/c9-3-4-5(10)1-2-6(11)7(4)8(12)13/h1-2H,3H2,(H,12,13). The minimum absolute atomic E-state index is 0.282. The van der Waals surface area contributed by atoms with E-state index in [2.05, 4.69) is 15.9 Å². The van der Waals surface area contributed by atoms with Crippen LogP contribution < -0.4 is 0 Å². The maximum Gasteiger partial charge on any atom is 0.337 e. The minimum Gasteiger partial charge on any atom is -0.478 e. The van der Waals surface area contributed by atoms with Crippen molar-refractivity contribution < 1.29 is 9.90 Å². The van der Waals surface area contributed by atoms with Gasteiger partial charge in [-0.05, 0) is 40.3 Å². The van der Waals surface area contributed by atoms with Crippen LogP contribution in [0.15, 0.2) is 12.1 Å². The monoisotopic (exact) mass is 374 g/mol. The molecule has 5 heteroatoms. The van der Waals surface area contributed by atoms with Crippen LogP contribution in [0.3, 0.4) is 0 Å². The second-order valence-electron chi connectivity index (χ2n) is 2.32. The lowest BCUT2D eigenvalue weighted by Gasteiger charge is -2.06. The molecule has 0 aromatic heterocycles. The van der Waals surface area contributed by atoms with E-state index in [1.54, 1.807) is 12.1 Å². The van der Waals surface area contributed by atoms with Gasteiger partial charge in [0.05, 0.1) is 5.56 Å². The van der Waals surface area contributed by atoms with Crippen molar-refractivity contribution in [1.82, 2.24) is 0 Å². The molecule has 1 aromatic rings. The Balaban J connectivity index is 3.43. The predicted octanol–water partition coefficient (Wildman–Crippen LogP) is 3.54. The van der Waals surface area contributed by atoms with Gasteiger partial charge < -0.3 is 5.11 Å². The first kappa shape index (κ1) is 11.3. The fraction of sp³-hybridized carbons (Fsp3) is 0.125. The lowest BCUT2D eigenvalue weighted by Crippen LogP contribution is -2.04. The van der Waals surface area contributed by atoms with Crippen LogP contribution in [0.1, 0.15) is 15.9 Å². The summed E-state index contributed by atoms with van der Waals surface area (Å²) in [6, 6.07) is 3.39. The molecule has 0 bridgehead atoms. The highest BCUT2D eigenvalue weighted by Crippen LogP contribution is 2.26. The van der Waals surface area contributed by atoms with Crippen LogP contribution in [0.25, 0.3) is 0 Å². The fourth-order valence-corrected chi connectivity index (χ4v) is 2.66. The Morgan fingerprint density at radius 1 is 1.62 bits per heavy atom. The largest absolute Gasteiger partial charge is 0.478 e. The van der Waals surface area contributed by atoms with E-state index in [0.717, 1.165) is 0 Å². The molecule has 0 spiro atoms. The molecule has 1 rings (SSSR count). The Morgan fingerprint density at radius 2 is 2.23 bits per heavy atom. The zero-order valence-corrected chi connectivity index (χ0v) is 10.9. The number of alkyl halides is 1. The van der Waals surface area contributed by atoms with E-state index in [4.69, 9.17) is 16.7 Å². The van der Waals surface area contributed by atoms with Crippen LogP contribution in [0.2, 0.25) is 5.02 Å². The van der Waals surface area contributed by atoms with Gasteiger partial charge in [-0.25, -0.2) is 4.79 Å². The van der Waals surface area contributed by atoms with Crippen LogP contribution in [-0.2, 0) is 5.33 Å². The molecule has 0 atom stereocenters. The molecule has 0 aliphatic rings. The molecule has 0 heterocycles. The van der Waals surface area contributed by atoms with Crippen molar-refractivity contribution in [3.8, 4) is 0 Å². The number of carbonyl (C=O) groups is 1. The third-order valence-electron chi connectivity index (χ3n) is 1.55. The zero-order chi connectivity index (χ0) is 10.0. The van der Waals surface area contributed by atoms with Crippen LogP contribution in [0.5, 0.6) is 0 Å². The van der Waals surface area contributed by atoms with Gasteiger partial charge in [-0.1, -0.05) is 27.5 Å². The van der Waals surface area contributed by atoms with Crippen LogP contribution in [0, 0.1) is 3.57 Å². The maximum atomic E-state index is 10.9. The van der Waals surface area contributed by atoms with Crippen molar-refractivity contribution in [1.29, 1.82) is 0 Å². The number of rotatable bonds is 2. The Morgan fingerprint density at radius 3 is 2.62 bits per heavy atom. The third kappa shape index (κ3) is 2.35. The Kier molecular flexibility index (Phi) is 4.00. The number of aromatic carboxylic acids is 1. The van der Waals surface area contributed by atoms with Crippen molar-refractivity contribution >= 4 is 56.1 Å². The molecule has 0 saturated heterocycles. The fourth-order valence-electron chi connectivity index (χ4n) is 0.956. The number of carboxylic acid groups (broad SMARTS) is 1. The van der Waals surface area contributed by atoms with Gasteiger partial charge in [-0.15, -0.1) is 0 Å². The second kappa shape index (κ2) is 4.61. The van der Waals surface area contributed by atoms with Gasteiger partial charge in [-0.3, -0.25) is 0 Å². The second-order valence-corrected chi connectivity index (χ2v) is 4.45. The summed E-state index contributed by atoms with van der Waals surface area (Å²) >= 11 is 11.0. The minimum atomic E-state index is -0.943. The molecular weight excluding hydrogens is 370 g/mol. The van der Waals surface area contributed by atoms with Gasteiger partial charge in [0.1, 0.15) is 0 Å². The van der Waals surface area contributed by atoms with Gasteiger partial charge in [-0.2, -0.15) is 0 Å². The lowest BCUT2D eigenvalue weighted by atomic mass is 10.1. The molecular formula is C8H5BrClIO2. The average molecular weight is 375 g/mol. The van der Waals surface area contributed by atoms with E-state index in [-0.39, 0.29) is 5.56 Å². The molecule has 0 unspecified atom stereocenters. The summed E-state index contributed by atoms with van der Waals surface area (Å²) in [7, 11) is 0. The molecule has 0 amide bonds. The maximum absolute atomic E-state index is 10.9. The average Bonchev–Trinajstić information content (AvgIpc) is 2.07. The number of carboxylic acids is 1. The first-order valence-corrected chi connectivity index (χ1v) is 5.92. The van der Waals surface area contributed by atoms with Crippen molar-refractivity contribution in [2.24, 2.45) is 0 Å². The molecule has 0 saturated carbocycles. The van der Waals surface area contributed by atoms with Crippen LogP contribution in [-0.4, -0.2) is 11.1 Å². The number of halogens is 3. The van der Waals surface area contributed by atoms with Gasteiger partial charge in [0.2, 0.25) is 0 Å². The van der Waals surface area contributed by atoms with E-state index in [1.165, 1.54) is 0 Å². The Labute approximate surface area is 103 Å². The number of hydrogen-bond acceptors (Lipinski definition) is 1. The van der Waals surface area contributed by atoms with E-state index in [1.807, 2.05) is 22.6 Å². The molecule has 13 heavy (non-hydrogen) atoms. The number of hydrogen-bond donors (Lipinski definition) is 1. The summed E-state index contributed by atoms with van der Waals surface area (Å²) < 4.78 is 0.698. The van der Waals surface area contributed by atoms with Crippen LogP contribution in [0.4, 0.5) is 0 Å². The first-order valence-electron chi connectivity index (χ1n) is 3.34. The van der Waals surface area contributed by atoms with Crippen molar-refractivity contribution in [2.75, 3.05) is 0 Å². The molecule has 0 aliphatic heterocycles. The van der Waals surface area contributed by atoms with Crippen molar-refractivity contribution in [3.63, 3.8) is 0 Å². The summed E-state index contributed by atoms with van der Waals surface area (Å²) in [6.07, 6.45) is 0. The molecule has 0 fully saturated rings. The molecule has 2 nitrogen and oxygen atoms in total. The van der Waals surface area contributed by atoms with Gasteiger partial charge >= 0.3 is 5.97 Å². The summed E-state index contributed by atoms with van der Waals surface area (Å²) in [4.78, 5) is 10.9. The molecule has 0 aliphatic carbocycles. The highest BCUT2D eigenvalue weighted by Gasteiger charge is 2.15. The zero-order valence-electron chi connectivity index (χ0n) is 6.35. The number of benzene rings is 1. The summed E-state index contributed by atoms with van der Waals surface area (Å²) in [5.41, 5.74) is 0.908. The summed E-state index contributed by atoms with van der Waals surface area (Å²) in [5, 5.41) is 9.85. The Bertz CT molecular complexity index is 354. The topological polar surface area (TPSA) is 37.3 Å². The SMILES string of the molecule is O=C(O)c1c(I)ccc(Cl)c1CBr. The highest BCUT2D eigenvalue weighted by atomic mass is 127. The molecule has 1 N–H and O–H groups in total. The molecule has 0 radical (unpaired) electrons.